The number of methoxy groups -OCH3 is 1. The standard InChI is InChI=1S/C11H12N4O2S2/c1-17-7-2-3-9(8(12)4-7)15-10(16)5-18-11-13-6-14-19-11/h2-4,6H,5,12H2,1H3,(H,15,16). The van der Waals surface area contributed by atoms with Crippen molar-refractivity contribution in [1.82, 2.24) is 9.36 Å². The predicted molar refractivity (Wildman–Crippen MR) is 76.7 cm³/mol. The second kappa shape index (κ2) is 6.39. The number of hydrogen-bond acceptors (Lipinski definition) is 7. The average Bonchev–Trinajstić information content (AvgIpc) is 2.92. The number of nitrogens with one attached hydrogen (secondary N) is 1. The van der Waals surface area contributed by atoms with Crippen LogP contribution in [0.25, 0.3) is 0 Å². The van der Waals surface area contributed by atoms with Crippen LogP contribution in [-0.2, 0) is 4.79 Å². The number of amides is 1. The summed E-state index contributed by atoms with van der Waals surface area (Å²) in [7, 11) is 1.56. The van der Waals surface area contributed by atoms with Crippen LogP contribution in [0.1, 0.15) is 0 Å². The number of nitrogens with zero attached hydrogens (tertiary/aromatic N) is 2. The van der Waals surface area contributed by atoms with Crippen molar-refractivity contribution in [2.75, 3.05) is 23.9 Å². The van der Waals surface area contributed by atoms with Crippen molar-refractivity contribution >= 4 is 40.6 Å². The summed E-state index contributed by atoms with van der Waals surface area (Å²) < 4.78 is 9.66. The molecule has 0 radical (unpaired) electrons. The first-order valence-corrected chi connectivity index (χ1v) is 7.08. The second-order valence-electron chi connectivity index (χ2n) is 3.50. The Hall–Kier alpha value is -1.80. The van der Waals surface area contributed by atoms with Crippen LogP contribution in [0.2, 0.25) is 0 Å². The zero-order valence-corrected chi connectivity index (χ0v) is 11.8. The van der Waals surface area contributed by atoms with Crippen LogP contribution in [0, 0.1) is 0 Å². The Morgan fingerprint density at radius 1 is 1.58 bits per heavy atom. The molecule has 0 fully saturated rings. The molecular formula is C11H12N4O2S2. The fourth-order valence-electron chi connectivity index (χ4n) is 1.32. The van der Waals surface area contributed by atoms with E-state index >= 15 is 0 Å². The minimum atomic E-state index is -0.142. The molecule has 0 saturated heterocycles. The van der Waals surface area contributed by atoms with Crippen molar-refractivity contribution in [3.8, 4) is 5.75 Å². The van der Waals surface area contributed by atoms with Gasteiger partial charge in [0.25, 0.3) is 0 Å². The molecule has 3 N–H and O–H groups in total. The van der Waals surface area contributed by atoms with Crippen LogP contribution in [0.5, 0.6) is 5.75 Å². The second-order valence-corrected chi connectivity index (χ2v) is 5.50. The largest absolute Gasteiger partial charge is 0.497 e. The van der Waals surface area contributed by atoms with Crippen molar-refractivity contribution in [1.29, 1.82) is 0 Å². The van der Waals surface area contributed by atoms with Crippen molar-refractivity contribution in [2.24, 2.45) is 0 Å². The molecule has 1 heterocycles. The van der Waals surface area contributed by atoms with E-state index in [-0.39, 0.29) is 11.7 Å². The minimum Gasteiger partial charge on any atom is -0.497 e. The number of nitrogens with two attached hydrogens (primary N) is 1. The average molecular weight is 296 g/mol. The molecule has 0 atom stereocenters. The van der Waals surface area contributed by atoms with Gasteiger partial charge in [-0.15, -0.1) is 0 Å². The van der Waals surface area contributed by atoms with E-state index in [1.807, 2.05) is 0 Å². The molecule has 1 aromatic heterocycles. The number of hydrogen-bond donors (Lipinski definition) is 2. The lowest BCUT2D eigenvalue weighted by Crippen LogP contribution is -2.15. The molecule has 0 unspecified atom stereocenters. The van der Waals surface area contributed by atoms with E-state index in [1.54, 1.807) is 25.3 Å². The number of aromatic nitrogens is 2. The highest BCUT2D eigenvalue weighted by Gasteiger charge is 2.08. The Bertz CT molecular complexity index is 560. The Labute approximate surface area is 118 Å². The normalized spacial score (nSPS) is 10.2. The molecular weight excluding hydrogens is 284 g/mol. The van der Waals surface area contributed by atoms with E-state index in [2.05, 4.69) is 14.7 Å². The molecule has 0 aliphatic heterocycles. The molecule has 0 aliphatic rings. The van der Waals surface area contributed by atoms with E-state index in [9.17, 15) is 4.79 Å². The molecule has 19 heavy (non-hydrogen) atoms. The summed E-state index contributed by atoms with van der Waals surface area (Å²) >= 11 is 2.60. The summed E-state index contributed by atoms with van der Waals surface area (Å²) in [5.74, 6) is 0.775. The number of carbonyl (C=O) groups excluding carboxylic acids is 1. The van der Waals surface area contributed by atoms with Gasteiger partial charge in [0.2, 0.25) is 5.91 Å². The molecule has 1 amide bonds. The van der Waals surface area contributed by atoms with Gasteiger partial charge in [-0.25, -0.2) is 4.98 Å². The molecule has 0 spiro atoms. The van der Waals surface area contributed by atoms with Gasteiger partial charge in [-0.3, -0.25) is 4.79 Å². The third-order valence-electron chi connectivity index (χ3n) is 2.20. The van der Waals surface area contributed by atoms with Gasteiger partial charge in [0.1, 0.15) is 12.1 Å². The van der Waals surface area contributed by atoms with Crippen molar-refractivity contribution in [3.63, 3.8) is 0 Å². The predicted octanol–water partition coefficient (Wildman–Crippen LogP) is 1.86. The monoisotopic (exact) mass is 296 g/mol. The van der Waals surface area contributed by atoms with Gasteiger partial charge in [-0.2, -0.15) is 4.37 Å². The number of thioether (sulfide) groups is 1. The molecule has 8 heteroatoms. The maximum absolute atomic E-state index is 11.8. The van der Waals surface area contributed by atoms with Gasteiger partial charge in [0, 0.05) is 6.07 Å². The van der Waals surface area contributed by atoms with E-state index in [1.165, 1.54) is 29.6 Å². The molecule has 1 aromatic carbocycles. The molecule has 0 aliphatic carbocycles. The van der Waals surface area contributed by atoms with E-state index in [0.717, 1.165) is 4.34 Å². The molecule has 6 nitrogen and oxygen atoms in total. The lowest BCUT2D eigenvalue weighted by Gasteiger charge is -2.09. The van der Waals surface area contributed by atoms with Crippen LogP contribution in [0.3, 0.4) is 0 Å². The van der Waals surface area contributed by atoms with Crippen molar-refractivity contribution in [3.05, 3.63) is 24.5 Å². The highest BCUT2D eigenvalue weighted by Crippen LogP contribution is 2.24. The van der Waals surface area contributed by atoms with Gasteiger partial charge >= 0.3 is 0 Å². The summed E-state index contributed by atoms with van der Waals surface area (Å²) in [4.78, 5) is 15.7. The maximum Gasteiger partial charge on any atom is 0.234 e. The van der Waals surface area contributed by atoms with Crippen LogP contribution < -0.4 is 15.8 Å². The lowest BCUT2D eigenvalue weighted by atomic mass is 10.2. The number of rotatable bonds is 5. The highest BCUT2D eigenvalue weighted by atomic mass is 32.2. The van der Waals surface area contributed by atoms with Gasteiger partial charge < -0.3 is 15.8 Å². The molecule has 0 bridgehead atoms. The SMILES string of the molecule is COc1ccc(NC(=O)CSc2ncns2)c(N)c1. The van der Waals surface area contributed by atoms with Crippen LogP contribution >= 0.6 is 23.3 Å². The molecule has 0 saturated carbocycles. The molecule has 100 valence electrons. The molecule has 2 aromatic rings. The van der Waals surface area contributed by atoms with E-state index in [0.29, 0.717) is 17.1 Å². The minimum absolute atomic E-state index is 0.142. The fraction of sp³-hybridized carbons (Fsp3) is 0.182. The summed E-state index contributed by atoms with van der Waals surface area (Å²) in [5.41, 5.74) is 6.85. The lowest BCUT2D eigenvalue weighted by molar-refractivity contribution is -0.113. The highest BCUT2D eigenvalue weighted by molar-refractivity contribution is 8.01. The summed E-state index contributed by atoms with van der Waals surface area (Å²) in [6, 6.07) is 5.11. The first-order valence-electron chi connectivity index (χ1n) is 5.32. The van der Waals surface area contributed by atoms with Crippen LogP contribution in [0.15, 0.2) is 28.9 Å². The van der Waals surface area contributed by atoms with Gasteiger partial charge in [0.15, 0.2) is 4.34 Å². The zero-order valence-electron chi connectivity index (χ0n) is 10.1. The van der Waals surface area contributed by atoms with Crippen molar-refractivity contribution in [2.45, 2.75) is 4.34 Å². The summed E-state index contributed by atoms with van der Waals surface area (Å²) in [6.45, 7) is 0. The first-order chi connectivity index (χ1) is 9.19. The Morgan fingerprint density at radius 2 is 2.42 bits per heavy atom. The van der Waals surface area contributed by atoms with E-state index in [4.69, 9.17) is 10.5 Å². The number of ether oxygens (including phenoxy) is 1. The van der Waals surface area contributed by atoms with Gasteiger partial charge in [0.05, 0.1) is 24.2 Å². The molecule has 2 rings (SSSR count). The van der Waals surface area contributed by atoms with Crippen LogP contribution in [0.4, 0.5) is 11.4 Å². The summed E-state index contributed by atoms with van der Waals surface area (Å²) in [6.07, 6.45) is 1.46. The maximum atomic E-state index is 11.8. The van der Waals surface area contributed by atoms with Gasteiger partial charge in [-0.1, -0.05) is 11.8 Å². The van der Waals surface area contributed by atoms with Crippen LogP contribution in [-0.4, -0.2) is 28.1 Å². The Kier molecular flexibility index (Phi) is 4.58. The number of benzene rings is 1. The van der Waals surface area contributed by atoms with E-state index < -0.39 is 0 Å². The fourth-order valence-corrected chi connectivity index (χ4v) is 2.57. The third kappa shape index (κ3) is 3.83. The smallest absolute Gasteiger partial charge is 0.234 e. The summed E-state index contributed by atoms with van der Waals surface area (Å²) in [5, 5.41) is 2.74. The Balaban J connectivity index is 1.91. The van der Waals surface area contributed by atoms with Crippen molar-refractivity contribution < 1.29 is 9.53 Å². The Morgan fingerprint density at radius 3 is 3.05 bits per heavy atom. The zero-order chi connectivity index (χ0) is 13.7. The third-order valence-corrected chi connectivity index (χ3v) is 4.00. The number of carbonyl (C=O) groups is 1. The van der Waals surface area contributed by atoms with Gasteiger partial charge in [-0.05, 0) is 23.7 Å². The quantitative estimate of drug-likeness (QED) is 0.646. The first kappa shape index (κ1) is 13.6. The number of nitrogen functional groups attached to an aromatic ring is 1. The topological polar surface area (TPSA) is 90.1 Å². The number of anilines is 2.